The van der Waals surface area contributed by atoms with Crippen LogP contribution in [0.15, 0.2) is 48.8 Å². The van der Waals surface area contributed by atoms with Crippen LogP contribution in [0, 0.1) is 19.7 Å². The fourth-order valence-corrected chi connectivity index (χ4v) is 5.54. The van der Waals surface area contributed by atoms with E-state index in [9.17, 15) is 4.79 Å². The van der Waals surface area contributed by atoms with E-state index in [2.05, 4.69) is 25.3 Å². The van der Waals surface area contributed by atoms with Crippen LogP contribution >= 0.6 is 11.6 Å². The zero-order valence-corrected chi connectivity index (χ0v) is 24.4. The lowest BCUT2D eigenvalue weighted by molar-refractivity contribution is -0.125. The lowest BCUT2D eigenvalue weighted by atomic mass is 9.94. The van der Waals surface area contributed by atoms with Gasteiger partial charge in [-0.15, -0.1) is 0 Å². The van der Waals surface area contributed by atoms with Crippen molar-refractivity contribution >= 4 is 39.4 Å². The fraction of sp³-hybridized carbons (Fsp3) is 0.323. The van der Waals surface area contributed by atoms with Crippen molar-refractivity contribution < 1.29 is 19.0 Å². The predicted molar refractivity (Wildman–Crippen MR) is 160 cm³/mol. The van der Waals surface area contributed by atoms with Crippen LogP contribution in [-0.4, -0.2) is 41.6 Å². The highest BCUT2D eigenvalue weighted by Crippen LogP contribution is 2.39. The van der Waals surface area contributed by atoms with E-state index in [1.165, 1.54) is 32.3 Å². The molecular weight excluding hydrogens is 559 g/mol. The maximum Gasteiger partial charge on any atom is 0.322 e. The van der Waals surface area contributed by atoms with Gasteiger partial charge in [-0.3, -0.25) is 9.78 Å². The Morgan fingerprint density at radius 2 is 1.81 bits per heavy atom. The molecule has 1 amide bonds. The number of aliphatic hydroxyl groups is 1. The number of hydrogen-bond acceptors (Lipinski definition) is 7. The number of carbonyl (C=O) groups excluding carboxylic acids is 1. The summed E-state index contributed by atoms with van der Waals surface area (Å²) in [5.41, 5.74) is 8.77. The first-order chi connectivity index (χ1) is 20.1. The minimum Gasteiger partial charge on any atom is -0.424 e. The van der Waals surface area contributed by atoms with Crippen LogP contribution in [0.5, 0.6) is 11.8 Å². The molecule has 218 valence electrons. The number of pyridine rings is 1. The Labute approximate surface area is 247 Å². The summed E-state index contributed by atoms with van der Waals surface area (Å²) in [7, 11) is 0. The average molecular weight is 591 g/mol. The number of hydrogen-bond donors (Lipinski definition) is 2. The van der Waals surface area contributed by atoms with Crippen molar-refractivity contribution in [3.63, 3.8) is 0 Å². The zero-order valence-electron chi connectivity index (χ0n) is 23.6. The summed E-state index contributed by atoms with van der Waals surface area (Å²) in [4.78, 5) is 27.3. The first kappa shape index (κ1) is 29.3. The highest BCUT2D eigenvalue weighted by molar-refractivity contribution is 6.33. The van der Waals surface area contributed by atoms with Crippen molar-refractivity contribution in [1.29, 1.82) is 0 Å². The number of nitrogens with two attached hydrogens (primary N) is 1. The second-order valence-electron chi connectivity index (χ2n) is 10.5. The molecule has 1 fully saturated rings. The summed E-state index contributed by atoms with van der Waals surface area (Å²) in [6, 6.07) is 10.9. The molecule has 1 atom stereocenters. The number of nitrogens with zero attached hydrogens (tertiary/aromatic N) is 5. The quantitative estimate of drug-likeness (QED) is 0.236. The van der Waals surface area contributed by atoms with Crippen molar-refractivity contribution in [3.8, 4) is 22.9 Å². The zero-order chi connectivity index (χ0) is 30.0. The van der Waals surface area contributed by atoms with Crippen LogP contribution in [0.3, 0.4) is 0 Å². The van der Waals surface area contributed by atoms with Crippen molar-refractivity contribution in [1.82, 2.24) is 24.5 Å². The number of amides is 1. The van der Waals surface area contributed by atoms with Gasteiger partial charge in [0.2, 0.25) is 5.91 Å². The molecule has 1 aliphatic carbocycles. The van der Waals surface area contributed by atoms with Crippen LogP contribution in [-0.2, 0) is 4.79 Å². The summed E-state index contributed by atoms with van der Waals surface area (Å²) in [5, 5.41) is 9.40. The number of ether oxygens (including phenoxy) is 1. The van der Waals surface area contributed by atoms with Gasteiger partial charge < -0.3 is 20.1 Å². The topological polar surface area (TPSA) is 129 Å². The molecule has 0 radical (unpaired) electrons. The van der Waals surface area contributed by atoms with Crippen LogP contribution in [0.1, 0.15) is 56.6 Å². The number of carbonyl (C=O) groups is 1. The Bertz CT molecular complexity index is 1770. The van der Waals surface area contributed by atoms with Crippen LogP contribution in [0.2, 0.25) is 5.02 Å². The molecule has 11 heteroatoms. The third-order valence-electron chi connectivity index (χ3n) is 7.34. The number of rotatable bonds is 5. The van der Waals surface area contributed by atoms with Gasteiger partial charge >= 0.3 is 6.01 Å². The molecule has 3 aromatic heterocycles. The largest absolute Gasteiger partial charge is 0.424 e. The van der Waals surface area contributed by atoms with Crippen LogP contribution < -0.4 is 10.5 Å². The smallest absolute Gasteiger partial charge is 0.322 e. The molecule has 1 saturated carbocycles. The standard InChI is InChI=1S/C28H25ClFN5O.C3H7NO2/c1-16-10-11-31-28(33-16)36-19-8-9-20(23(29)12-19)21-13-22-25(14-24(21)30)32-15-26-27(22)35(17(2)34-26)18-6-4-3-5-7-18;1-2(5)3(4)6/h8-15,18H,3-7H2,1-2H3;2,5H,1H3,(H2,4,6). The average Bonchev–Trinajstić information content (AvgIpc) is 3.30. The summed E-state index contributed by atoms with van der Waals surface area (Å²) in [6.07, 6.45) is 8.32. The van der Waals surface area contributed by atoms with E-state index in [4.69, 9.17) is 26.4 Å². The van der Waals surface area contributed by atoms with Gasteiger partial charge in [-0.05, 0) is 57.9 Å². The number of fused-ring (bicyclic) bond motifs is 3. The van der Waals surface area contributed by atoms with Crippen molar-refractivity contribution in [2.75, 3.05) is 0 Å². The molecule has 0 aliphatic heterocycles. The highest BCUT2D eigenvalue weighted by Gasteiger charge is 2.23. The lowest BCUT2D eigenvalue weighted by Gasteiger charge is -2.25. The van der Waals surface area contributed by atoms with E-state index in [0.717, 1.165) is 40.8 Å². The molecule has 5 aromatic rings. The number of imidazole rings is 1. The number of halogens is 2. The summed E-state index contributed by atoms with van der Waals surface area (Å²) in [5.74, 6) is 0.378. The van der Waals surface area contributed by atoms with E-state index in [0.29, 0.717) is 33.5 Å². The summed E-state index contributed by atoms with van der Waals surface area (Å²) in [6.45, 7) is 5.22. The molecule has 0 spiro atoms. The van der Waals surface area contributed by atoms with Crippen LogP contribution in [0.25, 0.3) is 33.1 Å². The number of aromatic nitrogens is 5. The van der Waals surface area contributed by atoms with E-state index in [1.807, 2.05) is 19.9 Å². The van der Waals surface area contributed by atoms with E-state index >= 15 is 4.39 Å². The molecule has 42 heavy (non-hydrogen) atoms. The molecule has 6 rings (SSSR count). The number of aliphatic hydroxyl groups excluding tert-OH is 1. The van der Waals surface area contributed by atoms with Crippen molar-refractivity contribution in [2.45, 2.75) is 65.0 Å². The van der Waals surface area contributed by atoms with Crippen molar-refractivity contribution in [2.24, 2.45) is 5.73 Å². The molecule has 9 nitrogen and oxygen atoms in total. The van der Waals surface area contributed by atoms with Gasteiger partial charge in [-0.2, -0.15) is 0 Å². The maximum atomic E-state index is 15.4. The predicted octanol–water partition coefficient (Wildman–Crippen LogP) is 6.60. The fourth-order valence-electron chi connectivity index (χ4n) is 5.26. The normalized spacial score (nSPS) is 14.4. The van der Waals surface area contributed by atoms with Gasteiger partial charge in [0.25, 0.3) is 0 Å². The molecule has 1 unspecified atom stereocenters. The third-order valence-corrected chi connectivity index (χ3v) is 7.66. The molecule has 3 N–H and O–H groups in total. The molecule has 2 aromatic carbocycles. The highest BCUT2D eigenvalue weighted by atomic mass is 35.5. The van der Waals surface area contributed by atoms with Crippen molar-refractivity contribution in [3.05, 3.63) is 71.2 Å². The van der Waals surface area contributed by atoms with E-state index in [-0.39, 0.29) is 11.8 Å². The van der Waals surface area contributed by atoms with E-state index < -0.39 is 12.0 Å². The van der Waals surface area contributed by atoms with E-state index in [1.54, 1.807) is 36.7 Å². The first-order valence-electron chi connectivity index (χ1n) is 13.8. The minimum absolute atomic E-state index is 0.232. The molecule has 3 heterocycles. The second kappa shape index (κ2) is 12.4. The van der Waals surface area contributed by atoms with Gasteiger partial charge in [0, 0.05) is 46.6 Å². The monoisotopic (exact) mass is 590 g/mol. The summed E-state index contributed by atoms with van der Waals surface area (Å²) < 4.78 is 23.5. The third kappa shape index (κ3) is 6.19. The first-order valence-corrected chi connectivity index (χ1v) is 14.2. The molecule has 1 aliphatic rings. The van der Waals surface area contributed by atoms with Gasteiger partial charge in [0.1, 0.15) is 29.0 Å². The Balaban J connectivity index is 0.000000535. The van der Waals surface area contributed by atoms with Gasteiger partial charge in [-0.1, -0.05) is 30.9 Å². The van der Waals surface area contributed by atoms with Crippen LogP contribution in [0.4, 0.5) is 4.39 Å². The minimum atomic E-state index is -1.01. The second-order valence-corrected chi connectivity index (χ2v) is 10.9. The van der Waals surface area contributed by atoms with Gasteiger partial charge in [0.05, 0.1) is 22.3 Å². The Hall–Kier alpha value is -4.15. The Morgan fingerprint density at radius 3 is 2.48 bits per heavy atom. The van der Waals surface area contributed by atoms with Gasteiger partial charge in [0.15, 0.2) is 0 Å². The Kier molecular flexibility index (Phi) is 8.65. The number of aryl methyl sites for hydroxylation is 2. The lowest BCUT2D eigenvalue weighted by Crippen LogP contribution is -2.24. The number of benzene rings is 2. The maximum absolute atomic E-state index is 15.4. The summed E-state index contributed by atoms with van der Waals surface area (Å²) >= 11 is 6.64. The Morgan fingerprint density at radius 1 is 1.07 bits per heavy atom. The SMILES string of the molecule is CC(O)C(N)=O.Cc1ccnc(Oc2ccc(-c3cc4c(cc3F)ncc3nc(C)n(C5CCCCC5)c34)c(Cl)c2)n1. The molecule has 0 bridgehead atoms. The van der Waals surface area contributed by atoms with Gasteiger partial charge in [-0.25, -0.2) is 19.3 Å². The molecular formula is C31H32ClFN6O3. The molecule has 0 saturated heterocycles. The number of primary amides is 1.